The number of ether oxygens (including phenoxy) is 1. The van der Waals surface area contributed by atoms with Crippen LogP contribution in [-0.2, 0) is 32.6 Å². The van der Waals surface area contributed by atoms with E-state index in [0.717, 1.165) is 21.2 Å². The summed E-state index contributed by atoms with van der Waals surface area (Å²) in [6.07, 6.45) is 15.1. The number of amides is 1. The van der Waals surface area contributed by atoms with Crippen molar-refractivity contribution in [3.8, 4) is 0 Å². The maximum atomic E-state index is 13.0. The standard InChI is InChI=1S/C21H27BrNO3S.C5H5.Fe/c1-20(2,3)26-19(24)23-18(14-9-7-10-15(22)13-14)16-11-8-12-17(16)27(25)21(4,5)6;1-2-4-5-3-1;/h7-13,18H,1-6H3,(H,23,24);1-5H;/q;;+2/t18-,27+;;/m0../s1. The van der Waals surface area contributed by atoms with Gasteiger partial charge in [-0.05, 0) is 111 Å². The van der Waals surface area contributed by atoms with Crippen LogP contribution in [0.3, 0.4) is 0 Å². The van der Waals surface area contributed by atoms with Gasteiger partial charge in [-0.25, -0.2) is 4.79 Å². The summed E-state index contributed by atoms with van der Waals surface area (Å²) >= 11 is 3.48. The second-order valence-electron chi connectivity index (χ2n) is 9.32. The molecule has 1 aromatic rings. The van der Waals surface area contributed by atoms with Gasteiger partial charge in [-0.2, -0.15) is 0 Å². The molecule has 0 aromatic heterocycles. The van der Waals surface area contributed by atoms with Gasteiger partial charge in [-0.15, -0.1) is 0 Å². The summed E-state index contributed by atoms with van der Waals surface area (Å²) in [6.45, 7) is 11.3. The van der Waals surface area contributed by atoms with E-state index in [1.54, 1.807) is 0 Å². The summed E-state index contributed by atoms with van der Waals surface area (Å²) in [6, 6.07) is 7.25. The fourth-order valence-electron chi connectivity index (χ4n) is 2.93. The quantitative estimate of drug-likeness (QED) is 0.429. The van der Waals surface area contributed by atoms with Crippen LogP contribution < -0.4 is 5.32 Å². The molecule has 1 N–H and O–H groups in total. The molecule has 1 amide bonds. The van der Waals surface area contributed by atoms with Crippen molar-refractivity contribution in [3.05, 3.63) is 96.8 Å². The summed E-state index contributed by atoms with van der Waals surface area (Å²) in [5.74, 6) is 0.812. The minimum absolute atomic E-state index is 0. The smallest absolute Gasteiger partial charge is 0.444 e. The molecule has 2 fully saturated rings. The van der Waals surface area contributed by atoms with Crippen LogP contribution in [0.25, 0.3) is 0 Å². The van der Waals surface area contributed by atoms with Crippen molar-refractivity contribution in [3.63, 3.8) is 0 Å². The molecular weight excluding hydrogens is 542 g/mol. The predicted molar refractivity (Wildman–Crippen MR) is 135 cm³/mol. The van der Waals surface area contributed by atoms with E-state index in [4.69, 9.17) is 4.74 Å². The van der Waals surface area contributed by atoms with E-state index in [1.807, 2.05) is 117 Å². The van der Waals surface area contributed by atoms with Crippen molar-refractivity contribution >= 4 is 32.8 Å². The largest absolute Gasteiger partial charge is 2.00 e. The zero-order valence-corrected chi connectivity index (χ0v) is 23.4. The molecule has 2 aliphatic carbocycles. The molecule has 0 bridgehead atoms. The number of nitrogens with one attached hydrogen (secondary N) is 1. The first-order valence-electron chi connectivity index (χ1n) is 10.5. The molecule has 0 saturated heterocycles. The van der Waals surface area contributed by atoms with Gasteiger partial charge in [0.05, 0.1) is 11.3 Å². The molecular formula is C26H32BrFeNO3S+2. The fourth-order valence-corrected chi connectivity index (χ4v) is 4.61. The van der Waals surface area contributed by atoms with Gasteiger partial charge in [-0.1, -0.05) is 28.1 Å². The molecule has 33 heavy (non-hydrogen) atoms. The van der Waals surface area contributed by atoms with Gasteiger partial charge in [0.2, 0.25) is 0 Å². The number of alkyl carbamates (subject to hydrolysis) is 1. The van der Waals surface area contributed by atoms with E-state index < -0.39 is 33.3 Å². The van der Waals surface area contributed by atoms with Gasteiger partial charge in [0.15, 0.2) is 0 Å². The Morgan fingerprint density at radius 3 is 2.03 bits per heavy atom. The van der Waals surface area contributed by atoms with Crippen LogP contribution in [0, 0.1) is 62.5 Å². The topological polar surface area (TPSA) is 55.4 Å². The molecule has 2 saturated carbocycles. The molecule has 0 unspecified atom stereocenters. The second kappa shape index (κ2) is 13.7. The van der Waals surface area contributed by atoms with Crippen LogP contribution in [0.4, 0.5) is 4.79 Å². The van der Waals surface area contributed by atoms with Crippen LogP contribution in [-0.4, -0.2) is 20.7 Å². The second-order valence-corrected chi connectivity index (χ2v) is 12.4. The van der Waals surface area contributed by atoms with Gasteiger partial charge < -0.3 is 10.1 Å². The van der Waals surface area contributed by atoms with Crippen molar-refractivity contribution in [1.82, 2.24) is 5.32 Å². The Morgan fingerprint density at radius 1 is 0.970 bits per heavy atom. The molecule has 10 radical (unpaired) electrons. The third kappa shape index (κ3) is 10.4. The third-order valence-electron chi connectivity index (χ3n) is 4.27. The Hall–Kier alpha value is -0.361. The summed E-state index contributed by atoms with van der Waals surface area (Å²) < 4.78 is 19.0. The van der Waals surface area contributed by atoms with E-state index in [-0.39, 0.29) is 17.1 Å². The van der Waals surface area contributed by atoms with Crippen LogP contribution >= 0.6 is 15.9 Å². The zero-order valence-electron chi connectivity index (χ0n) is 19.9. The number of halogens is 1. The monoisotopic (exact) mass is 573 g/mol. The summed E-state index contributed by atoms with van der Waals surface area (Å²) in [7, 11) is -1.22. The van der Waals surface area contributed by atoms with E-state index in [2.05, 4.69) is 21.2 Å². The number of carbonyl (C=O) groups is 1. The van der Waals surface area contributed by atoms with Crippen molar-refractivity contribution in [2.75, 3.05) is 0 Å². The molecule has 4 nitrogen and oxygen atoms in total. The molecule has 1 aromatic carbocycles. The average molecular weight is 574 g/mol. The van der Waals surface area contributed by atoms with Crippen LogP contribution in [0.1, 0.15) is 53.1 Å². The molecule has 2 aliphatic rings. The van der Waals surface area contributed by atoms with Gasteiger partial charge in [0.25, 0.3) is 0 Å². The number of hydrogen-bond acceptors (Lipinski definition) is 3. The fraction of sp³-hybridized carbons (Fsp3) is 0.346. The van der Waals surface area contributed by atoms with Gasteiger partial charge in [0, 0.05) is 25.9 Å². The van der Waals surface area contributed by atoms with E-state index in [9.17, 15) is 9.00 Å². The van der Waals surface area contributed by atoms with Crippen LogP contribution in [0.5, 0.6) is 0 Å². The number of hydrogen-bond donors (Lipinski definition) is 1. The zero-order chi connectivity index (χ0) is 23.9. The van der Waals surface area contributed by atoms with Gasteiger partial charge in [-0.3, -0.25) is 4.21 Å². The minimum atomic E-state index is -1.22. The molecule has 178 valence electrons. The van der Waals surface area contributed by atoms with Crippen LogP contribution in [0.2, 0.25) is 0 Å². The molecule has 0 spiro atoms. The minimum Gasteiger partial charge on any atom is -0.444 e. The van der Waals surface area contributed by atoms with Crippen molar-refractivity contribution in [2.45, 2.75) is 57.9 Å². The maximum absolute atomic E-state index is 13.0. The normalized spacial score (nSPS) is 19.1. The Morgan fingerprint density at radius 2 is 1.55 bits per heavy atom. The molecule has 3 rings (SSSR count). The first-order valence-corrected chi connectivity index (χ1v) is 12.4. The van der Waals surface area contributed by atoms with Gasteiger partial charge in [0.1, 0.15) is 5.60 Å². The Balaban J connectivity index is 0.000000799. The van der Waals surface area contributed by atoms with E-state index in [0.29, 0.717) is 0 Å². The summed E-state index contributed by atoms with van der Waals surface area (Å²) in [4.78, 5) is 12.5. The van der Waals surface area contributed by atoms with Crippen molar-refractivity contribution in [2.24, 2.45) is 0 Å². The number of benzene rings is 1. The Labute approximate surface area is 222 Å². The first kappa shape index (κ1) is 30.7. The van der Waals surface area contributed by atoms with E-state index >= 15 is 0 Å². The Bertz CT molecular complexity index is 764. The SMILES string of the molecule is CC(C)(C)OC(=O)N[C@H]([C]1[CH][CH][CH][C]1[S@@](=O)C(C)(C)C)c1cccc(Br)c1.[CH]1[CH][CH][CH][CH]1.[Fe+2]. The first-order chi connectivity index (χ1) is 14.9. The Kier molecular flexibility index (Phi) is 12.7. The molecule has 0 heterocycles. The summed E-state index contributed by atoms with van der Waals surface area (Å²) in [5.41, 5.74) is 0.281. The maximum Gasteiger partial charge on any atom is 2.00 e. The number of rotatable bonds is 4. The average Bonchev–Trinajstić information content (AvgIpc) is 3.38. The van der Waals surface area contributed by atoms with Crippen LogP contribution in [0.15, 0.2) is 28.7 Å². The molecule has 7 heteroatoms. The van der Waals surface area contributed by atoms with Crippen molar-refractivity contribution < 1.29 is 30.8 Å². The molecule has 0 aliphatic heterocycles. The summed E-state index contributed by atoms with van der Waals surface area (Å²) in [5, 5.41) is 3.68. The number of carbonyl (C=O) groups excluding carboxylic acids is 1. The predicted octanol–water partition coefficient (Wildman–Crippen LogP) is 6.31. The third-order valence-corrected chi connectivity index (χ3v) is 6.65. The molecule has 2 atom stereocenters. The van der Waals surface area contributed by atoms with Crippen molar-refractivity contribution in [1.29, 1.82) is 0 Å². The van der Waals surface area contributed by atoms with Gasteiger partial charge >= 0.3 is 23.2 Å². The van der Waals surface area contributed by atoms with E-state index in [1.165, 1.54) is 0 Å².